The third-order valence-corrected chi connectivity index (χ3v) is 8.09. The zero-order valence-corrected chi connectivity index (χ0v) is 16.7. The van der Waals surface area contributed by atoms with E-state index in [4.69, 9.17) is 0 Å². The molecule has 2 atom stereocenters. The molecule has 0 radical (unpaired) electrons. The highest BCUT2D eigenvalue weighted by molar-refractivity contribution is 7.89. The van der Waals surface area contributed by atoms with Gasteiger partial charge in [-0.25, -0.2) is 4.83 Å². The molecule has 0 aliphatic heterocycles. The average molecular weight is 401 g/mol. The summed E-state index contributed by atoms with van der Waals surface area (Å²) in [5.41, 5.74) is 5.95. The molecule has 3 aliphatic carbocycles. The lowest BCUT2D eigenvalue weighted by Gasteiger charge is -2.26. The first-order chi connectivity index (χ1) is 14.0. The molecule has 6 rings (SSSR count). The number of hydrogen-bond donors (Lipinski definition) is 1. The summed E-state index contributed by atoms with van der Waals surface area (Å²) in [6.45, 7) is 1.93. The topological polar surface area (TPSA) is 58.5 Å². The standard InChI is InChI=1S/C24H20N2O2S/c1-15-10-12-16(13-11-15)29(27,28)26-25-14-24-19-8-4-2-6-17(19)21-22(23(21)24)18-7-3-5-9-20(18)24/h2-14,21-23,26H,1H3/b25-14-/t21-,22-,23?,24?/m1/s1. The van der Waals surface area contributed by atoms with Crippen molar-refractivity contribution in [3.05, 3.63) is 101 Å². The van der Waals surface area contributed by atoms with E-state index >= 15 is 0 Å². The minimum atomic E-state index is -3.70. The van der Waals surface area contributed by atoms with Crippen LogP contribution >= 0.6 is 0 Å². The van der Waals surface area contributed by atoms with Crippen LogP contribution in [0, 0.1) is 12.8 Å². The molecule has 1 saturated carbocycles. The molecule has 5 heteroatoms. The molecule has 1 fully saturated rings. The number of sulfonamides is 1. The minimum absolute atomic E-state index is 0.221. The summed E-state index contributed by atoms with van der Waals surface area (Å²) in [5.74, 6) is 1.47. The van der Waals surface area contributed by atoms with E-state index in [0.717, 1.165) is 5.56 Å². The van der Waals surface area contributed by atoms with Gasteiger partial charge in [-0.15, -0.1) is 0 Å². The highest BCUT2D eigenvalue weighted by atomic mass is 32.2. The van der Waals surface area contributed by atoms with E-state index < -0.39 is 10.0 Å². The van der Waals surface area contributed by atoms with E-state index in [1.807, 2.05) is 13.1 Å². The van der Waals surface area contributed by atoms with Crippen molar-refractivity contribution in [2.45, 2.75) is 29.1 Å². The van der Waals surface area contributed by atoms with Gasteiger partial charge in [0.1, 0.15) is 0 Å². The fraction of sp³-hybridized carbons (Fsp3) is 0.208. The third-order valence-electron chi connectivity index (χ3n) is 6.85. The van der Waals surface area contributed by atoms with Gasteiger partial charge in [-0.2, -0.15) is 13.5 Å². The maximum Gasteiger partial charge on any atom is 0.276 e. The van der Waals surface area contributed by atoms with Crippen LogP contribution in [0.25, 0.3) is 0 Å². The predicted molar refractivity (Wildman–Crippen MR) is 113 cm³/mol. The van der Waals surface area contributed by atoms with Crippen LogP contribution in [0.4, 0.5) is 0 Å². The molecule has 29 heavy (non-hydrogen) atoms. The first-order valence-corrected chi connectivity index (χ1v) is 11.3. The lowest BCUT2D eigenvalue weighted by atomic mass is 9.76. The van der Waals surface area contributed by atoms with E-state index in [0.29, 0.717) is 17.8 Å². The van der Waals surface area contributed by atoms with E-state index in [1.165, 1.54) is 22.3 Å². The van der Waals surface area contributed by atoms with Crippen molar-refractivity contribution >= 4 is 16.2 Å². The summed E-state index contributed by atoms with van der Waals surface area (Å²) in [7, 11) is -3.70. The van der Waals surface area contributed by atoms with Gasteiger partial charge in [0, 0.05) is 6.21 Å². The van der Waals surface area contributed by atoms with Crippen LogP contribution in [0.3, 0.4) is 0 Å². The Labute approximate surface area is 170 Å². The molecular formula is C24H20N2O2S. The largest absolute Gasteiger partial charge is 0.276 e. The normalized spacial score (nSPS) is 28.1. The Balaban J connectivity index is 1.42. The summed E-state index contributed by atoms with van der Waals surface area (Å²) in [4.78, 5) is 2.66. The zero-order valence-electron chi connectivity index (χ0n) is 15.9. The molecular weight excluding hydrogens is 380 g/mol. The van der Waals surface area contributed by atoms with Crippen LogP contribution in [0.1, 0.15) is 39.7 Å². The molecule has 0 saturated heterocycles. The van der Waals surface area contributed by atoms with Crippen LogP contribution in [0.2, 0.25) is 0 Å². The number of aryl methyl sites for hydroxylation is 1. The Morgan fingerprint density at radius 2 is 1.41 bits per heavy atom. The first-order valence-electron chi connectivity index (χ1n) is 9.85. The van der Waals surface area contributed by atoms with Gasteiger partial charge < -0.3 is 0 Å². The molecule has 0 spiro atoms. The predicted octanol–water partition coefficient (Wildman–Crippen LogP) is 4.07. The fourth-order valence-corrected chi connectivity index (χ4v) is 6.47. The van der Waals surface area contributed by atoms with Crippen molar-refractivity contribution in [2.24, 2.45) is 11.0 Å². The monoisotopic (exact) mass is 400 g/mol. The highest BCUT2D eigenvalue weighted by Crippen LogP contribution is 2.79. The maximum atomic E-state index is 12.7. The van der Waals surface area contributed by atoms with Crippen molar-refractivity contribution in [3.8, 4) is 0 Å². The van der Waals surface area contributed by atoms with Gasteiger partial charge in [0.05, 0.1) is 10.3 Å². The molecule has 0 amide bonds. The molecule has 0 bridgehead atoms. The van der Waals surface area contributed by atoms with Crippen molar-refractivity contribution in [3.63, 3.8) is 0 Å². The van der Waals surface area contributed by atoms with Gasteiger partial charge in [0.25, 0.3) is 10.0 Å². The van der Waals surface area contributed by atoms with Crippen LogP contribution in [-0.4, -0.2) is 14.6 Å². The summed E-state index contributed by atoms with van der Waals surface area (Å²) in [6.07, 6.45) is 1.84. The Hall–Kier alpha value is -2.92. The van der Waals surface area contributed by atoms with Crippen molar-refractivity contribution in [2.75, 3.05) is 0 Å². The zero-order chi connectivity index (χ0) is 19.8. The molecule has 0 heterocycles. The van der Waals surface area contributed by atoms with Gasteiger partial charge in [0.15, 0.2) is 0 Å². The third kappa shape index (κ3) is 2.14. The van der Waals surface area contributed by atoms with Crippen LogP contribution in [-0.2, 0) is 15.4 Å². The molecule has 3 aromatic carbocycles. The van der Waals surface area contributed by atoms with Gasteiger partial charge in [-0.3, -0.25) is 0 Å². The van der Waals surface area contributed by atoms with Gasteiger partial charge >= 0.3 is 0 Å². The second kappa shape index (κ2) is 5.57. The smallest absolute Gasteiger partial charge is 0.200 e. The number of nitrogens with one attached hydrogen (secondary N) is 1. The summed E-state index contributed by atoms with van der Waals surface area (Å²) in [6, 6.07) is 23.9. The molecule has 3 aromatic rings. The molecule has 4 nitrogen and oxygen atoms in total. The highest BCUT2D eigenvalue weighted by Gasteiger charge is 2.73. The van der Waals surface area contributed by atoms with Crippen LogP contribution in [0.5, 0.6) is 0 Å². The summed E-state index contributed by atoms with van der Waals surface area (Å²) < 4.78 is 25.4. The van der Waals surface area contributed by atoms with Gasteiger partial charge in [0.2, 0.25) is 0 Å². The van der Waals surface area contributed by atoms with Gasteiger partial charge in [-0.05, 0) is 59.1 Å². The van der Waals surface area contributed by atoms with Crippen LogP contribution in [0.15, 0.2) is 82.8 Å². The maximum absolute atomic E-state index is 12.7. The lowest BCUT2D eigenvalue weighted by Crippen LogP contribution is -2.30. The van der Waals surface area contributed by atoms with Crippen molar-refractivity contribution < 1.29 is 8.42 Å². The second-order valence-electron chi connectivity index (χ2n) is 8.29. The first kappa shape index (κ1) is 17.0. The second-order valence-corrected chi connectivity index (χ2v) is 9.95. The summed E-state index contributed by atoms with van der Waals surface area (Å²) >= 11 is 0. The Morgan fingerprint density at radius 3 is 2.00 bits per heavy atom. The van der Waals surface area contributed by atoms with E-state index in [1.54, 1.807) is 24.3 Å². The average Bonchev–Trinajstić information content (AvgIpc) is 3.34. The van der Waals surface area contributed by atoms with E-state index in [2.05, 4.69) is 58.5 Å². The number of rotatable bonds is 4. The molecule has 3 aliphatic rings. The molecule has 0 unspecified atom stereocenters. The molecule has 0 aromatic heterocycles. The minimum Gasteiger partial charge on any atom is -0.200 e. The number of hydrazone groups is 1. The Kier molecular flexibility index (Phi) is 3.26. The van der Waals surface area contributed by atoms with Crippen LogP contribution < -0.4 is 4.83 Å². The molecule has 144 valence electrons. The Morgan fingerprint density at radius 1 is 0.862 bits per heavy atom. The van der Waals surface area contributed by atoms with Gasteiger partial charge in [-0.1, -0.05) is 66.2 Å². The van der Waals surface area contributed by atoms with Crippen molar-refractivity contribution in [1.29, 1.82) is 0 Å². The Bertz CT molecular complexity index is 1220. The van der Waals surface area contributed by atoms with E-state index in [-0.39, 0.29) is 10.3 Å². The number of fused-ring (bicyclic) bond motifs is 7. The van der Waals surface area contributed by atoms with Crippen molar-refractivity contribution in [1.82, 2.24) is 4.83 Å². The number of benzene rings is 3. The van der Waals surface area contributed by atoms with E-state index in [9.17, 15) is 8.42 Å². The SMILES string of the molecule is Cc1ccc(S(=O)(=O)N/N=C\C23c4ccccc4[C@H]4C2[C@@H]4c2ccccc23)cc1. The quantitative estimate of drug-likeness (QED) is 0.530. The molecule has 1 N–H and O–H groups in total. The fourth-order valence-electron chi connectivity index (χ4n) is 5.68. The lowest BCUT2D eigenvalue weighted by molar-refractivity contribution is 0.583. The number of hydrogen-bond acceptors (Lipinski definition) is 3. The number of nitrogens with zero attached hydrogens (tertiary/aromatic N) is 1. The summed E-state index contributed by atoms with van der Waals surface area (Å²) in [5, 5.41) is 4.31.